The lowest BCUT2D eigenvalue weighted by atomic mass is 9.86. The summed E-state index contributed by atoms with van der Waals surface area (Å²) >= 11 is 0. The molecule has 0 bridgehead atoms. The molecular formula is C60H42. The van der Waals surface area contributed by atoms with Gasteiger partial charge >= 0.3 is 0 Å². The maximum Gasteiger partial charge on any atom is 0.0588 e. The molecule has 0 amide bonds. The Bertz CT molecular complexity index is 2600. The van der Waals surface area contributed by atoms with Crippen LogP contribution < -0.4 is 0 Å². The molecule has 7 aromatic rings. The fourth-order valence-electron chi connectivity index (χ4n) is 6.56. The molecule has 0 aliphatic rings. The van der Waals surface area contributed by atoms with Crippen molar-refractivity contribution in [2.45, 2.75) is 41.5 Å². The second kappa shape index (κ2) is 18.9. The SMILES string of the molecule is Cc1ccccc1C#Cc1c(C#Cc2ccccc2C)c(C#Cc2ccccc2C)c(C#Cc2ccccc2C)c(C#Cc2ccccc2C)c1C#Cc1ccccc1C. The van der Waals surface area contributed by atoms with E-state index in [0.717, 1.165) is 66.8 Å². The molecule has 0 saturated heterocycles. The monoisotopic (exact) mass is 762 g/mol. The van der Waals surface area contributed by atoms with Gasteiger partial charge in [0, 0.05) is 33.4 Å². The molecule has 0 radical (unpaired) electrons. The molecule has 0 unspecified atom stereocenters. The van der Waals surface area contributed by atoms with E-state index >= 15 is 0 Å². The summed E-state index contributed by atoms with van der Waals surface area (Å²) < 4.78 is 0. The Labute approximate surface area is 356 Å². The third-order valence-corrected chi connectivity index (χ3v) is 10.3. The van der Waals surface area contributed by atoms with E-state index in [0.29, 0.717) is 33.4 Å². The molecule has 0 aliphatic carbocycles. The Morgan fingerprint density at radius 1 is 0.183 bits per heavy atom. The Balaban J connectivity index is 1.72. The molecule has 0 atom stereocenters. The minimum atomic E-state index is 0.657. The van der Waals surface area contributed by atoms with Crippen molar-refractivity contribution in [3.8, 4) is 71.0 Å². The van der Waals surface area contributed by atoms with Crippen LogP contribution in [-0.2, 0) is 0 Å². The van der Waals surface area contributed by atoms with Gasteiger partial charge in [0.25, 0.3) is 0 Å². The third kappa shape index (κ3) is 9.53. The molecule has 0 fully saturated rings. The lowest BCUT2D eigenvalue weighted by molar-refractivity contribution is 1.40. The van der Waals surface area contributed by atoms with Crippen LogP contribution in [0.2, 0.25) is 0 Å². The molecule has 282 valence electrons. The first-order chi connectivity index (χ1) is 29.3. The first-order valence-corrected chi connectivity index (χ1v) is 20.0. The van der Waals surface area contributed by atoms with Crippen molar-refractivity contribution in [1.29, 1.82) is 0 Å². The zero-order valence-electron chi connectivity index (χ0n) is 34.9. The molecular weight excluding hydrogens is 721 g/mol. The highest BCUT2D eigenvalue weighted by molar-refractivity contribution is 5.79. The zero-order valence-corrected chi connectivity index (χ0v) is 34.9. The summed E-state index contributed by atoms with van der Waals surface area (Å²) in [6, 6.07) is 48.9. The second-order valence-corrected chi connectivity index (χ2v) is 14.6. The average molecular weight is 763 g/mol. The Morgan fingerprint density at radius 2 is 0.317 bits per heavy atom. The van der Waals surface area contributed by atoms with Gasteiger partial charge in [-0.15, -0.1) is 0 Å². The van der Waals surface area contributed by atoms with Crippen LogP contribution in [0.25, 0.3) is 0 Å². The van der Waals surface area contributed by atoms with Gasteiger partial charge in [-0.25, -0.2) is 0 Å². The van der Waals surface area contributed by atoms with E-state index in [1.54, 1.807) is 0 Å². The van der Waals surface area contributed by atoms with E-state index in [9.17, 15) is 0 Å². The number of rotatable bonds is 0. The maximum atomic E-state index is 3.61. The van der Waals surface area contributed by atoms with Gasteiger partial charge in [0.15, 0.2) is 0 Å². The van der Waals surface area contributed by atoms with Gasteiger partial charge in [0.1, 0.15) is 0 Å². The van der Waals surface area contributed by atoms with E-state index in [2.05, 4.69) is 149 Å². The maximum absolute atomic E-state index is 3.61. The summed E-state index contributed by atoms with van der Waals surface area (Å²) in [7, 11) is 0. The summed E-state index contributed by atoms with van der Waals surface area (Å²) in [6.07, 6.45) is 0. The van der Waals surface area contributed by atoms with Crippen LogP contribution in [0.15, 0.2) is 146 Å². The fourth-order valence-corrected chi connectivity index (χ4v) is 6.56. The predicted octanol–water partition coefficient (Wildman–Crippen LogP) is 11.9. The number of aryl methyl sites for hydroxylation is 6. The van der Waals surface area contributed by atoms with Crippen molar-refractivity contribution in [2.24, 2.45) is 0 Å². The highest BCUT2D eigenvalue weighted by atomic mass is 14.2. The molecule has 0 spiro atoms. The highest BCUT2D eigenvalue weighted by Gasteiger charge is 2.21. The minimum Gasteiger partial charge on any atom is -0.0619 e. The van der Waals surface area contributed by atoms with E-state index < -0.39 is 0 Å². The van der Waals surface area contributed by atoms with Crippen LogP contribution in [0.5, 0.6) is 0 Å². The minimum absolute atomic E-state index is 0.657. The second-order valence-electron chi connectivity index (χ2n) is 14.6. The molecule has 0 nitrogen and oxygen atoms in total. The Morgan fingerprint density at radius 3 is 0.450 bits per heavy atom. The van der Waals surface area contributed by atoms with E-state index in [4.69, 9.17) is 0 Å². The number of hydrogen-bond donors (Lipinski definition) is 0. The summed E-state index contributed by atoms with van der Waals surface area (Å²) in [6.45, 7) is 12.4. The summed E-state index contributed by atoms with van der Waals surface area (Å²) in [5, 5.41) is 0. The molecule has 0 N–H and O–H groups in total. The van der Waals surface area contributed by atoms with E-state index in [-0.39, 0.29) is 0 Å². The van der Waals surface area contributed by atoms with Crippen LogP contribution in [0.4, 0.5) is 0 Å². The standard InChI is InChI=1S/C60H42/c1-43-19-7-13-25-49(43)31-37-55-56(38-32-50-26-14-8-20-44(50)2)58(40-34-52-28-16-10-22-46(52)4)60(42-36-54-30-18-12-24-48(54)6)59(41-35-53-29-17-11-23-47(53)5)57(55)39-33-51-27-15-9-21-45(51)3/h7-30H,1-6H3. The highest BCUT2D eigenvalue weighted by Crippen LogP contribution is 2.29. The molecule has 0 aliphatic heterocycles. The van der Waals surface area contributed by atoms with Gasteiger partial charge in [0.2, 0.25) is 0 Å². The lowest BCUT2D eigenvalue weighted by Crippen LogP contribution is -2.05. The first kappa shape index (κ1) is 40.1. The van der Waals surface area contributed by atoms with Crippen molar-refractivity contribution < 1.29 is 0 Å². The largest absolute Gasteiger partial charge is 0.0619 e. The van der Waals surface area contributed by atoms with Gasteiger partial charge in [-0.3, -0.25) is 0 Å². The summed E-state index contributed by atoms with van der Waals surface area (Å²) in [5.41, 5.74) is 15.9. The van der Waals surface area contributed by atoms with Crippen molar-refractivity contribution in [1.82, 2.24) is 0 Å². The van der Waals surface area contributed by atoms with Crippen LogP contribution in [0, 0.1) is 113 Å². The van der Waals surface area contributed by atoms with Crippen molar-refractivity contribution >= 4 is 0 Å². The Hall–Kier alpha value is -8.10. The smallest absolute Gasteiger partial charge is 0.0588 e. The van der Waals surface area contributed by atoms with Crippen molar-refractivity contribution in [3.05, 3.63) is 246 Å². The van der Waals surface area contributed by atoms with Gasteiger partial charge in [-0.2, -0.15) is 0 Å². The molecule has 0 aromatic heterocycles. The van der Waals surface area contributed by atoms with Crippen LogP contribution in [0.1, 0.15) is 100 Å². The molecule has 60 heavy (non-hydrogen) atoms. The third-order valence-electron chi connectivity index (χ3n) is 10.3. The fraction of sp³-hybridized carbons (Fsp3) is 0.100. The first-order valence-electron chi connectivity index (χ1n) is 20.0. The van der Waals surface area contributed by atoms with Gasteiger partial charge < -0.3 is 0 Å². The van der Waals surface area contributed by atoms with E-state index in [1.807, 2.05) is 109 Å². The van der Waals surface area contributed by atoms with Crippen molar-refractivity contribution in [2.75, 3.05) is 0 Å². The van der Waals surface area contributed by atoms with E-state index in [1.165, 1.54) is 0 Å². The van der Waals surface area contributed by atoms with Crippen molar-refractivity contribution in [3.63, 3.8) is 0 Å². The topological polar surface area (TPSA) is 0 Å². The lowest BCUT2D eigenvalue weighted by Gasteiger charge is -2.13. The molecule has 7 rings (SSSR count). The summed E-state index contributed by atoms with van der Waals surface area (Å²) in [5.74, 6) is 42.8. The Kier molecular flexibility index (Phi) is 12.6. The molecule has 0 saturated carbocycles. The average Bonchev–Trinajstić information content (AvgIpc) is 3.25. The normalized spacial score (nSPS) is 9.70. The molecule has 0 heteroatoms. The van der Waals surface area contributed by atoms with Gasteiger partial charge in [0.05, 0.1) is 33.4 Å². The summed E-state index contributed by atoms with van der Waals surface area (Å²) in [4.78, 5) is 0. The quantitative estimate of drug-likeness (QED) is 0.135. The predicted molar refractivity (Wildman–Crippen MR) is 249 cm³/mol. The van der Waals surface area contributed by atoms with Crippen LogP contribution >= 0.6 is 0 Å². The molecule has 7 aromatic carbocycles. The molecule has 0 heterocycles. The van der Waals surface area contributed by atoms with Gasteiger partial charge in [-0.1, -0.05) is 180 Å². The van der Waals surface area contributed by atoms with Gasteiger partial charge in [-0.05, 0) is 111 Å². The zero-order chi connectivity index (χ0) is 41.8. The number of benzene rings is 7. The van der Waals surface area contributed by atoms with Crippen LogP contribution in [0.3, 0.4) is 0 Å². The van der Waals surface area contributed by atoms with Crippen LogP contribution in [-0.4, -0.2) is 0 Å². The number of hydrogen-bond acceptors (Lipinski definition) is 0.